The van der Waals surface area contributed by atoms with Gasteiger partial charge in [-0.05, 0) is 5.92 Å². The third-order valence-electron chi connectivity index (χ3n) is 2.30. The highest BCUT2D eigenvalue weighted by Crippen LogP contribution is 2.07. The van der Waals surface area contributed by atoms with Crippen molar-refractivity contribution in [3.63, 3.8) is 0 Å². The molecule has 7 nitrogen and oxygen atoms in total. The number of ether oxygens (including phenoxy) is 1. The summed E-state index contributed by atoms with van der Waals surface area (Å²) in [6.45, 7) is 3.61. The van der Waals surface area contributed by atoms with Crippen molar-refractivity contribution in [2.75, 3.05) is 7.11 Å². The maximum absolute atomic E-state index is 11.7. The number of hydrogen-bond acceptors (Lipinski definition) is 5. The van der Waals surface area contributed by atoms with Gasteiger partial charge in [0.2, 0.25) is 0 Å². The monoisotopic (exact) mass is 256 g/mol. The molecule has 0 aliphatic rings. The topological polar surface area (TPSA) is 102 Å². The summed E-state index contributed by atoms with van der Waals surface area (Å²) in [6.07, 6.45) is 0. The van der Waals surface area contributed by atoms with Crippen LogP contribution in [-0.2, 0) is 16.1 Å². The third kappa shape index (κ3) is 3.56. The summed E-state index contributed by atoms with van der Waals surface area (Å²) < 4.78 is 9.66. The smallest absolute Gasteiger partial charge is 0.326 e. The molecule has 0 saturated heterocycles. The summed E-state index contributed by atoms with van der Waals surface area (Å²) in [5.41, 5.74) is 0.0361. The van der Waals surface area contributed by atoms with Gasteiger partial charge in [-0.1, -0.05) is 19.0 Å². The zero-order valence-electron chi connectivity index (χ0n) is 10.5. The zero-order chi connectivity index (χ0) is 13.7. The molecule has 0 radical (unpaired) electrons. The fourth-order valence-electron chi connectivity index (χ4n) is 1.36. The van der Waals surface area contributed by atoms with Crippen molar-refractivity contribution in [2.45, 2.75) is 26.5 Å². The average molecular weight is 256 g/mol. The van der Waals surface area contributed by atoms with Crippen molar-refractivity contribution >= 4 is 11.9 Å². The number of amides is 1. The van der Waals surface area contributed by atoms with E-state index in [2.05, 4.69) is 10.5 Å². The molecule has 18 heavy (non-hydrogen) atoms. The highest BCUT2D eigenvalue weighted by molar-refractivity contribution is 5.94. The normalized spacial score (nSPS) is 12.4. The number of methoxy groups -OCH3 is 1. The average Bonchev–Trinajstić information content (AvgIpc) is 2.73. The highest BCUT2D eigenvalue weighted by Gasteiger charge is 2.25. The lowest BCUT2D eigenvalue weighted by Gasteiger charge is -2.16. The number of rotatable bonds is 6. The van der Waals surface area contributed by atoms with Crippen LogP contribution < -0.4 is 5.32 Å². The SMILES string of the molecule is COCc1cc(C(=O)NC(C(=O)O)C(C)C)no1. The van der Waals surface area contributed by atoms with Crippen LogP contribution in [0.1, 0.15) is 30.1 Å². The quantitative estimate of drug-likeness (QED) is 0.775. The van der Waals surface area contributed by atoms with E-state index in [0.717, 1.165) is 0 Å². The molecule has 1 atom stereocenters. The van der Waals surface area contributed by atoms with E-state index in [1.807, 2.05) is 0 Å². The van der Waals surface area contributed by atoms with Gasteiger partial charge in [-0.3, -0.25) is 4.79 Å². The number of nitrogens with one attached hydrogen (secondary N) is 1. The predicted molar refractivity (Wildman–Crippen MR) is 60.9 cm³/mol. The lowest BCUT2D eigenvalue weighted by atomic mass is 10.0. The Hall–Kier alpha value is -1.89. The van der Waals surface area contributed by atoms with Crippen molar-refractivity contribution in [1.82, 2.24) is 10.5 Å². The van der Waals surface area contributed by atoms with E-state index in [0.29, 0.717) is 5.76 Å². The first-order chi connectivity index (χ1) is 8.45. The lowest BCUT2D eigenvalue weighted by molar-refractivity contribution is -0.140. The molecule has 1 aromatic rings. The van der Waals surface area contributed by atoms with Crippen LogP contribution in [0.5, 0.6) is 0 Å². The second-order valence-corrected chi connectivity index (χ2v) is 4.14. The molecule has 0 fully saturated rings. The number of carboxylic acids is 1. The summed E-state index contributed by atoms with van der Waals surface area (Å²) in [5, 5.41) is 14.9. The van der Waals surface area contributed by atoms with Crippen LogP contribution in [-0.4, -0.2) is 35.3 Å². The van der Waals surface area contributed by atoms with Crippen molar-refractivity contribution in [3.8, 4) is 0 Å². The fraction of sp³-hybridized carbons (Fsp3) is 0.545. The summed E-state index contributed by atoms with van der Waals surface area (Å²) in [6, 6.07) is 0.456. The minimum atomic E-state index is -1.08. The first-order valence-electron chi connectivity index (χ1n) is 5.44. The zero-order valence-corrected chi connectivity index (χ0v) is 10.5. The molecule has 1 heterocycles. The Labute approximate surface area is 104 Å². The molecule has 1 unspecified atom stereocenters. The molecule has 100 valence electrons. The standard InChI is InChI=1S/C11H16N2O5/c1-6(2)9(11(15)16)12-10(14)8-4-7(5-17-3)18-13-8/h4,6,9H,5H2,1-3H3,(H,12,14)(H,15,16). The van der Waals surface area contributed by atoms with Gasteiger partial charge >= 0.3 is 5.97 Å². The summed E-state index contributed by atoms with van der Waals surface area (Å²) >= 11 is 0. The molecule has 1 amide bonds. The molecule has 0 spiro atoms. The van der Waals surface area contributed by atoms with E-state index in [-0.39, 0.29) is 18.2 Å². The Morgan fingerprint density at radius 2 is 2.22 bits per heavy atom. The minimum absolute atomic E-state index is 0.0361. The van der Waals surface area contributed by atoms with Crippen LogP contribution in [0, 0.1) is 5.92 Å². The van der Waals surface area contributed by atoms with Gasteiger partial charge in [0.25, 0.3) is 5.91 Å². The Morgan fingerprint density at radius 1 is 1.56 bits per heavy atom. The molecule has 0 aliphatic carbocycles. The van der Waals surface area contributed by atoms with Gasteiger partial charge in [0.05, 0.1) is 0 Å². The fourth-order valence-corrected chi connectivity index (χ4v) is 1.36. The van der Waals surface area contributed by atoms with Crippen LogP contribution in [0.2, 0.25) is 0 Å². The number of nitrogens with zero attached hydrogens (tertiary/aromatic N) is 1. The third-order valence-corrected chi connectivity index (χ3v) is 2.30. The Bertz CT molecular complexity index is 427. The number of carboxylic acid groups (broad SMARTS) is 1. The largest absolute Gasteiger partial charge is 0.480 e. The van der Waals surface area contributed by atoms with Gasteiger partial charge in [-0.25, -0.2) is 4.79 Å². The van der Waals surface area contributed by atoms with Crippen molar-refractivity contribution in [1.29, 1.82) is 0 Å². The summed E-state index contributed by atoms with van der Waals surface area (Å²) in [5.74, 6) is -1.49. The Kier molecular flexibility index (Phi) is 4.85. The number of hydrogen-bond donors (Lipinski definition) is 2. The van der Waals surface area contributed by atoms with E-state index >= 15 is 0 Å². The molecule has 0 bridgehead atoms. The van der Waals surface area contributed by atoms with Gasteiger partial charge in [0.1, 0.15) is 12.6 Å². The maximum atomic E-state index is 11.7. The first-order valence-corrected chi connectivity index (χ1v) is 5.44. The van der Waals surface area contributed by atoms with Gasteiger partial charge < -0.3 is 19.7 Å². The van der Waals surface area contributed by atoms with Gasteiger partial charge in [0, 0.05) is 13.2 Å². The van der Waals surface area contributed by atoms with Crippen molar-refractivity contribution < 1.29 is 24.0 Å². The van der Waals surface area contributed by atoms with Gasteiger partial charge in [-0.15, -0.1) is 0 Å². The predicted octanol–water partition coefficient (Wildman–Crippen LogP) is 0.660. The van der Waals surface area contributed by atoms with Crippen molar-refractivity contribution in [3.05, 3.63) is 17.5 Å². The van der Waals surface area contributed by atoms with Crippen LogP contribution >= 0.6 is 0 Å². The minimum Gasteiger partial charge on any atom is -0.480 e. The van der Waals surface area contributed by atoms with Crippen LogP contribution in [0.3, 0.4) is 0 Å². The van der Waals surface area contributed by atoms with E-state index in [4.69, 9.17) is 14.4 Å². The molecule has 1 aromatic heterocycles. The number of aromatic nitrogens is 1. The molecule has 0 saturated carbocycles. The van der Waals surface area contributed by atoms with Gasteiger partial charge in [-0.2, -0.15) is 0 Å². The first kappa shape index (κ1) is 14.2. The van der Waals surface area contributed by atoms with E-state index in [1.54, 1.807) is 13.8 Å². The molecular weight excluding hydrogens is 240 g/mol. The van der Waals surface area contributed by atoms with Crippen LogP contribution in [0.4, 0.5) is 0 Å². The lowest BCUT2D eigenvalue weighted by Crippen LogP contribution is -2.44. The number of aliphatic carboxylic acids is 1. The van der Waals surface area contributed by atoms with E-state index in [1.165, 1.54) is 13.2 Å². The molecule has 0 aliphatic heterocycles. The van der Waals surface area contributed by atoms with Crippen molar-refractivity contribution in [2.24, 2.45) is 5.92 Å². The highest BCUT2D eigenvalue weighted by atomic mass is 16.5. The molecule has 2 N–H and O–H groups in total. The molecule has 1 rings (SSSR count). The maximum Gasteiger partial charge on any atom is 0.326 e. The van der Waals surface area contributed by atoms with Crippen LogP contribution in [0.25, 0.3) is 0 Å². The molecule has 0 aromatic carbocycles. The van der Waals surface area contributed by atoms with Crippen LogP contribution in [0.15, 0.2) is 10.6 Å². The molecular formula is C11H16N2O5. The number of carbonyl (C=O) groups is 2. The summed E-state index contributed by atoms with van der Waals surface area (Å²) in [7, 11) is 1.49. The number of carbonyl (C=O) groups excluding carboxylic acids is 1. The second-order valence-electron chi connectivity index (χ2n) is 4.14. The van der Waals surface area contributed by atoms with E-state index in [9.17, 15) is 9.59 Å². The second kappa shape index (κ2) is 6.15. The van der Waals surface area contributed by atoms with Gasteiger partial charge in [0.15, 0.2) is 11.5 Å². The Balaban J connectivity index is 2.71. The molecule has 7 heteroatoms. The summed E-state index contributed by atoms with van der Waals surface area (Å²) in [4.78, 5) is 22.7. The van der Waals surface area contributed by atoms with E-state index < -0.39 is 17.9 Å². The Morgan fingerprint density at radius 3 is 2.72 bits per heavy atom.